The van der Waals surface area contributed by atoms with Gasteiger partial charge in [-0.1, -0.05) is 0 Å². The summed E-state index contributed by atoms with van der Waals surface area (Å²) in [5, 5.41) is 8.05. The van der Waals surface area contributed by atoms with Gasteiger partial charge in [0.25, 0.3) is 0 Å². The molecule has 1 aromatic heterocycles. The number of benzene rings is 1. The minimum absolute atomic E-state index is 0.692. The number of hydrogen-bond donors (Lipinski definition) is 1. The van der Waals surface area contributed by atoms with Crippen molar-refractivity contribution in [3.8, 4) is 17.0 Å². The van der Waals surface area contributed by atoms with Gasteiger partial charge in [-0.05, 0) is 31.2 Å². The molecule has 0 radical (unpaired) electrons. The number of piperazine rings is 1. The molecule has 1 aromatic carbocycles. The van der Waals surface area contributed by atoms with Crippen LogP contribution in [-0.2, 0) is 13.6 Å². The van der Waals surface area contributed by atoms with E-state index in [0.29, 0.717) is 6.61 Å². The lowest BCUT2D eigenvalue weighted by molar-refractivity contribution is 0.233. The molecule has 0 spiro atoms. The van der Waals surface area contributed by atoms with Gasteiger partial charge in [-0.3, -0.25) is 9.58 Å². The van der Waals surface area contributed by atoms with Gasteiger partial charge in [-0.15, -0.1) is 0 Å². The fraction of sp³-hybridized carbons (Fsp3) is 0.471. The number of nitrogens with one attached hydrogen (secondary N) is 1. The zero-order chi connectivity index (χ0) is 15.4. The van der Waals surface area contributed by atoms with Crippen LogP contribution in [0.5, 0.6) is 5.75 Å². The van der Waals surface area contributed by atoms with E-state index in [-0.39, 0.29) is 0 Å². The van der Waals surface area contributed by atoms with Gasteiger partial charge in [0, 0.05) is 57.1 Å². The van der Waals surface area contributed by atoms with E-state index >= 15 is 0 Å². The van der Waals surface area contributed by atoms with E-state index in [1.165, 1.54) is 5.56 Å². The van der Waals surface area contributed by atoms with Gasteiger partial charge in [-0.2, -0.15) is 5.10 Å². The molecule has 1 aliphatic rings. The van der Waals surface area contributed by atoms with E-state index in [1.54, 1.807) is 0 Å². The van der Waals surface area contributed by atoms with Crippen molar-refractivity contribution < 1.29 is 4.74 Å². The molecular weight excluding hydrogens is 276 g/mol. The van der Waals surface area contributed by atoms with E-state index in [4.69, 9.17) is 4.74 Å². The molecule has 5 heteroatoms. The Labute approximate surface area is 131 Å². The third-order valence-corrected chi connectivity index (χ3v) is 3.95. The number of hydrogen-bond acceptors (Lipinski definition) is 4. The number of rotatable bonds is 5. The Balaban J connectivity index is 1.80. The molecule has 0 unspecified atom stereocenters. The van der Waals surface area contributed by atoms with Crippen LogP contribution in [0.25, 0.3) is 11.3 Å². The second-order valence-corrected chi connectivity index (χ2v) is 5.66. The van der Waals surface area contributed by atoms with Crippen LogP contribution in [0.15, 0.2) is 30.5 Å². The van der Waals surface area contributed by atoms with E-state index in [0.717, 1.165) is 49.7 Å². The molecule has 1 saturated heterocycles. The van der Waals surface area contributed by atoms with Crippen LogP contribution in [0, 0.1) is 0 Å². The van der Waals surface area contributed by atoms with Crippen LogP contribution in [-0.4, -0.2) is 47.5 Å². The molecule has 1 fully saturated rings. The maximum Gasteiger partial charge on any atom is 0.119 e. The van der Waals surface area contributed by atoms with Gasteiger partial charge < -0.3 is 10.1 Å². The number of nitrogens with zero attached hydrogens (tertiary/aromatic N) is 3. The van der Waals surface area contributed by atoms with Crippen LogP contribution < -0.4 is 10.1 Å². The lowest BCUT2D eigenvalue weighted by Crippen LogP contribution is -2.42. The van der Waals surface area contributed by atoms with Crippen molar-refractivity contribution in [1.82, 2.24) is 20.0 Å². The molecule has 0 atom stereocenters. The summed E-state index contributed by atoms with van der Waals surface area (Å²) in [6, 6.07) is 8.22. The van der Waals surface area contributed by atoms with E-state index in [2.05, 4.69) is 33.6 Å². The molecule has 5 nitrogen and oxygen atoms in total. The first-order chi connectivity index (χ1) is 10.8. The second kappa shape index (κ2) is 6.94. The molecule has 22 heavy (non-hydrogen) atoms. The van der Waals surface area contributed by atoms with Crippen LogP contribution in [0.3, 0.4) is 0 Å². The van der Waals surface area contributed by atoms with Gasteiger partial charge in [0.1, 0.15) is 5.75 Å². The zero-order valence-corrected chi connectivity index (χ0v) is 13.4. The Morgan fingerprint density at radius 3 is 2.59 bits per heavy atom. The van der Waals surface area contributed by atoms with E-state index < -0.39 is 0 Å². The summed E-state index contributed by atoms with van der Waals surface area (Å²) in [4.78, 5) is 2.48. The van der Waals surface area contributed by atoms with Crippen LogP contribution in [0.2, 0.25) is 0 Å². The van der Waals surface area contributed by atoms with Crippen molar-refractivity contribution in [3.63, 3.8) is 0 Å². The molecular formula is C17H24N4O. The van der Waals surface area contributed by atoms with Crippen LogP contribution in [0.1, 0.15) is 12.5 Å². The van der Waals surface area contributed by atoms with Gasteiger partial charge in [-0.25, -0.2) is 0 Å². The molecule has 1 N–H and O–H groups in total. The van der Waals surface area contributed by atoms with Crippen molar-refractivity contribution in [2.45, 2.75) is 13.5 Å². The monoisotopic (exact) mass is 300 g/mol. The first kappa shape index (κ1) is 15.1. The highest BCUT2D eigenvalue weighted by Crippen LogP contribution is 2.25. The Hall–Kier alpha value is -1.85. The lowest BCUT2D eigenvalue weighted by Gasteiger charge is -2.27. The average molecular weight is 300 g/mol. The first-order valence-corrected chi connectivity index (χ1v) is 7.95. The first-order valence-electron chi connectivity index (χ1n) is 7.95. The minimum Gasteiger partial charge on any atom is -0.494 e. The average Bonchev–Trinajstić information content (AvgIpc) is 2.90. The summed E-state index contributed by atoms with van der Waals surface area (Å²) in [7, 11) is 1.99. The standard InChI is InChI=1S/C17H24N4O/c1-3-22-16-6-4-14(5-7-16)17-15(12-20(2)19-17)13-21-10-8-18-9-11-21/h4-7,12,18H,3,8-11,13H2,1-2H3. The topological polar surface area (TPSA) is 42.3 Å². The highest BCUT2D eigenvalue weighted by atomic mass is 16.5. The third kappa shape index (κ3) is 3.48. The van der Waals surface area contributed by atoms with Gasteiger partial charge in [0.2, 0.25) is 0 Å². The Bertz CT molecular complexity index is 600. The Kier molecular flexibility index (Phi) is 4.75. The predicted molar refractivity (Wildman–Crippen MR) is 88.0 cm³/mol. The summed E-state index contributed by atoms with van der Waals surface area (Å²) in [6.45, 7) is 7.97. The lowest BCUT2D eigenvalue weighted by atomic mass is 10.1. The molecule has 3 rings (SSSR count). The normalized spacial score (nSPS) is 15.9. The molecule has 118 valence electrons. The van der Waals surface area contributed by atoms with Gasteiger partial charge in [0.15, 0.2) is 0 Å². The molecule has 2 aromatic rings. The van der Waals surface area contributed by atoms with Gasteiger partial charge >= 0.3 is 0 Å². The van der Waals surface area contributed by atoms with Gasteiger partial charge in [0.05, 0.1) is 12.3 Å². The highest BCUT2D eigenvalue weighted by molar-refractivity contribution is 5.63. The largest absolute Gasteiger partial charge is 0.494 e. The van der Waals surface area contributed by atoms with Crippen molar-refractivity contribution in [3.05, 3.63) is 36.0 Å². The Morgan fingerprint density at radius 2 is 1.91 bits per heavy atom. The number of ether oxygens (including phenoxy) is 1. The van der Waals surface area contributed by atoms with Crippen molar-refractivity contribution in [2.75, 3.05) is 32.8 Å². The maximum atomic E-state index is 5.51. The van der Waals surface area contributed by atoms with Crippen molar-refractivity contribution >= 4 is 0 Å². The molecule has 2 heterocycles. The molecule has 0 saturated carbocycles. The number of aryl methyl sites for hydroxylation is 1. The zero-order valence-electron chi connectivity index (χ0n) is 13.4. The smallest absolute Gasteiger partial charge is 0.119 e. The summed E-state index contributed by atoms with van der Waals surface area (Å²) in [5.74, 6) is 0.908. The second-order valence-electron chi connectivity index (χ2n) is 5.66. The molecule has 0 amide bonds. The summed E-state index contributed by atoms with van der Waals surface area (Å²) >= 11 is 0. The summed E-state index contributed by atoms with van der Waals surface area (Å²) in [6.07, 6.45) is 2.13. The van der Waals surface area contributed by atoms with Crippen LogP contribution in [0.4, 0.5) is 0 Å². The highest BCUT2D eigenvalue weighted by Gasteiger charge is 2.15. The van der Waals surface area contributed by atoms with Crippen molar-refractivity contribution in [2.24, 2.45) is 7.05 Å². The third-order valence-electron chi connectivity index (χ3n) is 3.95. The number of aromatic nitrogens is 2. The van der Waals surface area contributed by atoms with Crippen LogP contribution >= 0.6 is 0 Å². The fourth-order valence-electron chi connectivity index (χ4n) is 2.88. The molecule has 1 aliphatic heterocycles. The summed E-state index contributed by atoms with van der Waals surface area (Å²) < 4.78 is 7.42. The Morgan fingerprint density at radius 1 is 1.18 bits per heavy atom. The van der Waals surface area contributed by atoms with E-state index in [1.807, 2.05) is 30.8 Å². The predicted octanol–water partition coefficient (Wildman–Crippen LogP) is 1.89. The SMILES string of the molecule is CCOc1ccc(-c2nn(C)cc2CN2CCNCC2)cc1. The fourth-order valence-corrected chi connectivity index (χ4v) is 2.88. The molecule has 0 bridgehead atoms. The summed E-state index contributed by atoms with van der Waals surface area (Å²) in [5.41, 5.74) is 3.51. The molecule has 0 aliphatic carbocycles. The van der Waals surface area contributed by atoms with E-state index in [9.17, 15) is 0 Å². The minimum atomic E-state index is 0.692. The maximum absolute atomic E-state index is 5.51. The van der Waals surface area contributed by atoms with Crippen molar-refractivity contribution in [1.29, 1.82) is 0 Å². The quantitative estimate of drug-likeness (QED) is 0.916.